The molecule has 14 heavy (non-hydrogen) atoms. The Bertz CT molecular complexity index is 222. The zero-order valence-corrected chi connectivity index (χ0v) is 8.75. The molecule has 0 saturated carbocycles. The van der Waals surface area contributed by atoms with Gasteiger partial charge in [0, 0.05) is 13.0 Å². The number of carbonyl (C=O) groups is 2. The van der Waals surface area contributed by atoms with Crippen molar-refractivity contribution in [2.24, 2.45) is 5.73 Å². The first-order valence-corrected chi connectivity index (χ1v) is 4.76. The number of hydrogen-bond acceptors (Lipinski definition) is 3. The molecule has 0 spiro atoms. The Hall–Kier alpha value is -1.16. The molecule has 0 rings (SSSR count). The highest BCUT2D eigenvalue weighted by Gasteiger charge is 2.06. The molecule has 0 aromatic heterocycles. The van der Waals surface area contributed by atoms with E-state index in [1.807, 2.05) is 0 Å². The summed E-state index contributed by atoms with van der Waals surface area (Å²) < 4.78 is 0. The summed E-state index contributed by atoms with van der Waals surface area (Å²) in [7, 11) is 0. The number of nitrogens with two attached hydrogens (primary N) is 1. The second-order valence-electron chi connectivity index (χ2n) is 3.15. The van der Waals surface area contributed by atoms with Crippen LogP contribution >= 0.6 is 0 Å². The van der Waals surface area contributed by atoms with Gasteiger partial charge in [0.15, 0.2) is 0 Å². The maximum absolute atomic E-state index is 11.1. The molecule has 1 amide bonds. The van der Waals surface area contributed by atoms with Crippen molar-refractivity contribution in [2.45, 2.75) is 32.7 Å². The largest absolute Gasteiger partial charge is 0.353 e. The van der Waals surface area contributed by atoms with Crippen molar-refractivity contribution in [3.63, 3.8) is 0 Å². The van der Waals surface area contributed by atoms with Gasteiger partial charge in [0.05, 0.1) is 6.04 Å². The van der Waals surface area contributed by atoms with E-state index < -0.39 is 6.04 Å². The van der Waals surface area contributed by atoms with E-state index in [2.05, 4.69) is 5.32 Å². The first kappa shape index (κ1) is 12.8. The van der Waals surface area contributed by atoms with Crippen molar-refractivity contribution in [3.8, 4) is 0 Å². The second kappa shape index (κ2) is 7.26. The number of hydrogen-bond donors (Lipinski definition) is 2. The van der Waals surface area contributed by atoms with Crippen LogP contribution in [0.4, 0.5) is 0 Å². The summed E-state index contributed by atoms with van der Waals surface area (Å²) in [6.45, 7) is 3.96. The number of rotatable bonds is 6. The minimum atomic E-state index is -0.402. The molecule has 0 aliphatic carbocycles. The first-order chi connectivity index (χ1) is 6.57. The number of carbonyl (C=O) groups excluding carboxylic acids is 2. The van der Waals surface area contributed by atoms with Gasteiger partial charge in [-0.05, 0) is 26.3 Å². The highest BCUT2D eigenvalue weighted by atomic mass is 16.1. The minimum Gasteiger partial charge on any atom is -0.353 e. The Morgan fingerprint density at radius 2 is 2.14 bits per heavy atom. The summed E-state index contributed by atoms with van der Waals surface area (Å²) in [6.07, 6.45) is 4.19. The van der Waals surface area contributed by atoms with Crippen molar-refractivity contribution in [3.05, 3.63) is 12.2 Å². The van der Waals surface area contributed by atoms with E-state index in [0.717, 1.165) is 0 Å². The predicted molar refractivity (Wildman–Crippen MR) is 55.7 cm³/mol. The average Bonchev–Trinajstić information content (AvgIpc) is 2.12. The molecule has 0 heterocycles. The molecule has 0 unspecified atom stereocenters. The molecule has 0 fully saturated rings. The van der Waals surface area contributed by atoms with E-state index >= 15 is 0 Å². The lowest BCUT2D eigenvalue weighted by Gasteiger charge is -2.04. The van der Waals surface area contributed by atoms with Crippen LogP contribution in [0.3, 0.4) is 0 Å². The first-order valence-electron chi connectivity index (χ1n) is 4.76. The van der Waals surface area contributed by atoms with Gasteiger partial charge in [0.2, 0.25) is 5.91 Å². The minimum absolute atomic E-state index is 0.0327. The molecule has 4 heteroatoms. The van der Waals surface area contributed by atoms with Crippen molar-refractivity contribution < 1.29 is 9.59 Å². The lowest BCUT2D eigenvalue weighted by atomic mass is 10.1. The fraction of sp³-hybridized carbons (Fsp3) is 0.600. The van der Waals surface area contributed by atoms with Crippen LogP contribution in [-0.4, -0.2) is 24.3 Å². The average molecular weight is 198 g/mol. The van der Waals surface area contributed by atoms with Crippen molar-refractivity contribution in [1.29, 1.82) is 0 Å². The standard InChI is InChI=1S/C10H18N2O2/c1-3-5-10(14)12-7-4-6-9(13)8(2)11/h3,5,8H,4,6-7,11H2,1-2H3,(H,12,14)/b5-3+/t8-/m0/s1. The molecule has 0 saturated heterocycles. The molecule has 4 nitrogen and oxygen atoms in total. The molecule has 0 aliphatic heterocycles. The lowest BCUT2D eigenvalue weighted by Crippen LogP contribution is -2.28. The van der Waals surface area contributed by atoms with Gasteiger partial charge in [-0.25, -0.2) is 0 Å². The number of Topliss-reactive ketones (excluding diaryl/α,β-unsaturated/α-hetero) is 1. The van der Waals surface area contributed by atoms with Gasteiger partial charge in [0.25, 0.3) is 0 Å². The summed E-state index contributed by atoms with van der Waals surface area (Å²) in [5.74, 6) is -0.0916. The zero-order valence-electron chi connectivity index (χ0n) is 8.75. The highest BCUT2D eigenvalue weighted by molar-refractivity contribution is 5.87. The summed E-state index contributed by atoms with van der Waals surface area (Å²) >= 11 is 0. The van der Waals surface area contributed by atoms with Crippen molar-refractivity contribution >= 4 is 11.7 Å². The fourth-order valence-electron chi connectivity index (χ4n) is 0.912. The van der Waals surface area contributed by atoms with Gasteiger partial charge in [0.1, 0.15) is 5.78 Å². The maximum atomic E-state index is 11.1. The van der Waals surface area contributed by atoms with E-state index in [4.69, 9.17) is 5.73 Å². The Morgan fingerprint density at radius 3 is 2.64 bits per heavy atom. The van der Waals surface area contributed by atoms with Gasteiger partial charge in [-0.1, -0.05) is 6.08 Å². The molecular formula is C10H18N2O2. The second-order valence-corrected chi connectivity index (χ2v) is 3.15. The molecule has 0 aromatic carbocycles. The van der Waals surface area contributed by atoms with E-state index in [1.165, 1.54) is 6.08 Å². The smallest absolute Gasteiger partial charge is 0.243 e. The molecule has 80 valence electrons. The Balaban J connectivity index is 3.47. The lowest BCUT2D eigenvalue weighted by molar-refractivity contribution is -0.120. The zero-order chi connectivity index (χ0) is 11.0. The van der Waals surface area contributed by atoms with Crippen LogP contribution in [0.1, 0.15) is 26.7 Å². The van der Waals surface area contributed by atoms with Crippen LogP contribution in [0.15, 0.2) is 12.2 Å². The maximum Gasteiger partial charge on any atom is 0.243 e. The molecule has 0 aromatic rings. The van der Waals surface area contributed by atoms with Gasteiger partial charge in [-0.2, -0.15) is 0 Å². The van der Waals surface area contributed by atoms with Crippen LogP contribution in [-0.2, 0) is 9.59 Å². The van der Waals surface area contributed by atoms with Crippen LogP contribution < -0.4 is 11.1 Å². The molecule has 3 N–H and O–H groups in total. The third-order valence-corrected chi connectivity index (χ3v) is 1.73. The third kappa shape index (κ3) is 6.37. The van der Waals surface area contributed by atoms with E-state index in [1.54, 1.807) is 19.9 Å². The number of allylic oxidation sites excluding steroid dienone is 1. The highest BCUT2D eigenvalue weighted by Crippen LogP contribution is 1.92. The normalized spacial score (nSPS) is 12.8. The van der Waals surface area contributed by atoms with E-state index in [0.29, 0.717) is 19.4 Å². The molecule has 0 radical (unpaired) electrons. The monoisotopic (exact) mass is 198 g/mol. The fourth-order valence-corrected chi connectivity index (χ4v) is 0.912. The Labute approximate surface area is 84.5 Å². The van der Waals surface area contributed by atoms with Crippen LogP contribution in [0.2, 0.25) is 0 Å². The topological polar surface area (TPSA) is 72.2 Å². The van der Waals surface area contributed by atoms with Crippen molar-refractivity contribution in [1.82, 2.24) is 5.32 Å². The van der Waals surface area contributed by atoms with Gasteiger partial charge >= 0.3 is 0 Å². The van der Waals surface area contributed by atoms with E-state index in [-0.39, 0.29) is 11.7 Å². The van der Waals surface area contributed by atoms with Crippen LogP contribution in [0.5, 0.6) is 0 Å². The van der Waals surface area contributed by atoms with Crippen molar-refractivity contribution in [2.75, 3.05) is 6.54 Å². The quantitative estimate of drug-likeness (QED) is 0.478. The van der Waals surface area contributed by atoms with Gasteiger partial charge < -0.3 is 11.1 Å². The molecular weight excluding hydrogens is 180 g/mol. The summed E-state index contributed by atoms with van der Waals surface area (Å²) in [6, 6.07) is -0.402. The summed E-state index contributed by atoms with van der Waals surface area (Å²) in [5.41, 5.74) is 5.38. The molecule has 0 aliphatic rings. The van der Waals surface area contributed by atoms with E-state index in [9.17, 15) is 9.59 Å². The summed E-state index contributed by atoms with van der Waals surface area (Å²) in [5, 5.41) is 2.66. The third-order valence-electron chi connectivity index (χ3n) is 1.73. The van der Waals surface area contributed by atoms with Gasteiger partial charge in [-0.15, -0.1) is 0 Å². The number of nitrogens with one attached hydrogen (secondary N) is 1. The van der Waals surface area contributed by atoms with Gasteiger partial charge in [-0.3, -0.25) is 9.59 Å². The molecule has 0 bridgehead atoms. The summed E-state index contributed by atoms with van der Waals surface area (Å²) in [4.78, 5) is 22.0. The Kier molecular flexibility index (Phi) is 6.66. The Morgan fingerprint density at radius 1 is 1.50 bits per heavy atom. The van der Waals surface area contributed by atoms with Crippen LogP contribution in [0, 0.1) is 0 Å². The molecule has 1 atom stereocenters. The van der Waals surface area contributed by atoms with Crippen LogP contribution in [0.25, 0.3) is 0 Å². The number of amides is 1. The predicted octanol–water partition coefficient (Wildman–Crippen LogP) is 0.375. The number of ketones is 1. The SMILES string of the molecule is C/C=C/C(=O)NCCCC(=O)[C@H](C)N.